The summed E-state index contributed by atoms with van der Waals surface area (Å²) in [5.41, 5.74) is 1.79. The molecule has 0 radical (unpaired) electrons. The highest BCUT2D eigenvalue weighted by Crippen LogP contribution is 2.26. The van der Waals surface area contributed by atoms with Crippen LogP contribution in [0.15, 0.2) is 11.7 Å². The lowest BCUT2D eigenvalue weighted by Gasteiger charge is -2.32. The van der Waals surface area contributed by atoms with Crippen molar-refractivity contribution < 1.29 is 5.11 Å². The topological polar surface area (TPSA) is 45.2 Å². The summed E-state index contributed by atoms with van der Waals surface area (Å²) in [6, 6.07) is 0.303. The average Bonchev–Trinajstić information content (AvgIpc) is 2.78. The molecule has 0 amide bonds. The second kappa shape index (κ2) is 5.75. The van der Waals surface area contributed by atoms with Gasteiger partial charge in [-0.05, 0) is 20.3 Å². The van der Waals surface area contributed by atoms with Gasteiger partial charge in [-0.15, -0.1) is 11.3 Å². The highest BCUT2D eigenvalue weighted by Gasteiger charge is 2.28. The molecule has 1 rings (SSSR count). The molecule has 0 aliphatic carbocycles. The van der Waals surface area contributed by atoms with E-state index in [0.29, 0.717) is 6.04 Å². The molecule has 4 heteroatoms. The van der Waals surface area contributed by atoms with E-state index in [1.807, 2.05) is 18.6 Å². The Morgan fingerprint density at radius 3 is 2.69 bits per heavy atom. The Bertz CT molecular complexity index is 300. The van der Waals surface area contributed by atoms with Gasteiger partial charge in [-0.2, -0.15) is 0 Å². The second-order valence-corrected chi connectivity index (χ2v) is 5.61. The predicted molar refractivity (Wildman–Crippen MR) is 68.6 cm³/mol. The minimum Gasteiger partial charge on any atom is -0.393 e. The lowest BCUT2D eigenvalue weighted by atomic mass is 9.82. The molecule has 1 aromatic rings. The van der Waals surface area contributed by atoms with Crippen LogP contribution >= 0.6 is 11.3 Å². The van der Waals surface area contributed by atoms with E-state index in [4.69, 9.17) is 0 Å². The van der Waals surface area contributed by atoms with Crippen molar-refractivity contribution >= 4 is 11.3 Å². The van der Waals surface area contributed by atoms with Gasteiger partial charge in [0.15, 0.2) is 0 Å². The highest BCUT2D eigenvalue weighted by molar-refractivity contribution is 7.09. The number of aliphatic hydroxyl groups is 1. The van der Waals surface area contributed by atoms with Crippen LogP contribution in [0.3, 0.4) is 0 Å². The smallest absolute Gasteiger partial charge is 0.0794 e. The van der Waals surface area contributed by atoms with Crippen LogP contribution in [-0.4, -0.2) is 22.7 Å². The van der Waals surface area contributed by atoms with Crippen molar-refractivity contribution in [1.82, 2.24) is 10.3 Å². The van der Waals surface area contributed by atoms with Gasteiger partial charge in [0, 0.05) is 29.1 Å². The summed E-state index contributed by atoms with van der Waals surface area (Å²) < 4.78 is 0. The maximum atomic E-state index is 9.77. The molecule has 16 heavy (non-hydrogen) atoms. The number of thiazole rings is 1. The van der Waals surface area contributed by atoms with Crippen molar-refractivity contribution in [3.05, 3.63) is 16.6 Å². The van der Waals surface area contributed by atoms with Gasteiger partial charge in [-0.1, -0.05) is 13.8 Å². The van der Waals surface area contributed by atoms with Crippen LogP contribution in [0, 0.1) is 5.41 Å². The van der Waals surface area contributed by atoms with Crippen molar-refractivity contribution in [2.75, 3.05) is 6.54 Å². The quantitative estimate of drug-likeness (QED) is 0.806. The third-order valence-corrected chi connectivity index (χ3v) is 4.46. The van der Waals surface area contributed by atoms with E-state index < -0.39 is 0 Å². The summed E-state index contributed by atoms with van der Waals surface area (Å²) in [6.07, 6.45) is 2.57. The summed E-state index contributed by atoms with van der Waals surface area (Å²) in [7, 11) is 0. The molecule has 0 saturated heterocycles. The molecular weight excluding hydrogens is 220 g/mol. The summed E-state index contributed by atoms with van der Waals surface area (Å²) in [5, 5.41) is 13.2. The van der Waals surface area contributed by atoms with Crippen LogP contribution < -0.4 is 5.32 Å². The van der Waals surface area contributed by atoms with Crippen molar-refractivity contribution in [3.8, 4) is 0 Å². The van der Waals surface area contributed by atoms with Crippen LogP contribution in [0.2, 0.25) is 0 Å². The SMILES string of the molecule is CCC(C)(CNC(C)c1cncs1)C(C)O. The van der Waals surface area contributed by atoms with E-state index in [1.165, 1.54) is 4.88 Å². The number of aliphatic hydroxyl groups excluding tert-OH is 1. The molecule has 1 heterocycles. The average molecular weight is 242 g/mol. The van der Waals surface area contributed by atoms with E-state index in [-0.39, 0.29) is 11.5 Å². The van der Waals surface area contributed by atoms with E-state index in [0.717, 1.165) is 13.0 Å². The van der Waals surface area contributed by atoms with Crippen molar-refractivity contribution in [2.24, 2.45) is 5.41 Å². The number of nitrogens with one attached hydrogen (secondary N) is 1. The lowest BCUT2D eigenvalue weighted by Crippen LogP contribution is -2.40. The summed E-state index contributed by atoms with van der Waals surface area (Å²) >= 11 is 1.66. The van der Waals surface area contributed by atoms with Gasteiger partial charge >= 0.3 is 0 Å². The van der Waals surface area contributed by atoms with Crippen LogP contribution in [0.25, 0.3) is 0 Å². The van der Waals surface area contributed by atoms with Gasteiger partial charge in [0.1, 0.15) is 0 Å². The zero-order chi connectivity index (χ0) is 12.2. The summed E-state index contributed by atoms with van der Waals surface area (Å²) in [5.74, 6) is 0. The maximum Gasteiger partial charge on any atom is 0.0794 e. The summed E-state index contributed by atoms with van der Waals surface area (Å²) in [4.78, 5) is 5.31. The largest absolute Gasteiger partial charge is 0.393 e. The molecule has 0 bridgehead atoms. The minimum absolute atomic E-state index is 0.0566. The van der Waals surface area contributed by atoms with Crippen LogP contribution in [-0.2, 0) is 0 Å². The molecule has 0 spiro atoms. The predicted octanol–water partition coefficient (Wildman–Crippen LogP) is 2.59. The number of rotatable bonds is 6. The van der Waals surface area contributed by atoms with Crippen molar-refractivity contribution in [1.29, 1.82) is 0 Å². The van der Waals surface area contributed by atoms with Crippen LogP contribution in [0.4, 0.5) is 0 Å². The molecule has 92 valence electrons. The Balaban J connectivity index is 2.50. The minimum atomic E-state index is -0.293. The normalized spacial score (nSPS) is 19.1. The Kier molecular flexibility index (Phi) is 4.89. The van der Waals surface area contributed by atoms with E-state index in [9.17, 15) is 5.11 Å². The van der Waals surface area contributed by atoms with Gasteiger partial charge in [0.2, 0.25) is 0 Å². The van der Waals surface area contributed by atoms with Gasteiger partial charge in [0.05, 0.1) is 11.6 Å². The first-order chi connectivity index (χ1) is 7.49. The third-order valence-electron chi connectivity index (χ3n) is 3.51. The fourth-order valence-electron chi connectivity index (χ4n) is 1.49. The van der Waals surface area contributed by atoms with E-state index in [2.05, 4.69) is 31.1 Å². The molecule has 0 aliphatic heterocycles. The van der Waals surface area contributed by atoms with E-state index in [1.54, 1.807) is 11.3 Å². The zero-order valence-corrected chi connectivity index (χ0v) is 11.3. The zero-order valence-electron chi connectivity index (χ0n) is 10.5. The van der Waals surface area contributed by atoms with Gasteiger partial charge in [0.25, 0.3) is 0 Å². The third kappa shape index (κ3) is 3.27. The number of hydrogen-bond acceptors (Lipinski definition) is 4. The molecule has 3 unspecified atom stereocenters. The van der Waals surface area contributed by atoms with Crippen LogP contribution in [0.1, 0.15) is 45.0 Å². The molecule has 2 N–H and O–H groups in total. The monoisotopic (exact) mass is 242 g/mol. The maximum absolute atomic E-state index is 9.77. The lowest BCUT2D eigenvalue weighted by molar-refractivity contribution is 0.0474. The van der Waals surface area contributed by atoms with Gasteiger partial charge in [-0.25, -0.2) is 0 Å². The van der Waals surface area contributed by atoms with Crippen molar-refractivity contribution in [3.63, 3.8) is 0 Å². The molecule has 3 nitrogen and oxygen atoms in total. The molecule has 0 aromatic carbocycles. The van der Waals surface area contributed by atoms with Crippen LogP contribution in [0.5, 0.6) is 0 Å². The van der Waals surface area contributed by atoms with Gasteiger partial charge in [-0.3, -0.25) is 4.98 Å². The Morgan fingerprint density at radius 1 is 1.56 bits per heavy atom. The Hall–Kier alpha value is -0.450. The standard InChI is InChI=1S/C12H22N2OS/c1-5-12(4,10(3)15)7-14-9(2)11-6-13-8-16-11/h6,8-10,14-15H,5,7H2,1-4H3. The first-order valence-corrected chi connectivity index (χ1v) is 6.67. The number of hydrogen-bond donors (Lipinski definition) is 2. The first-order valence-electron chi connectivity index (χ1n) is 5.79. The molecule has 0 aliphatic rings. The molecular formula is C12H22N2OS. The second-order valence-electron chi connectivity index (χ2n) is 4.69. The fraction of sp³-hybridized carbons (Fsp3) is 0.750. The Morgan fingerprint density at radius 2 is 2.25 bits per heavy atom. The van der Waals surface area contributed by atoms with Crippen molar-refractivity contribution in [2.45, 2.75) is 46.3 Å². The van der Waals surface area contributed by atoms with Gasteiger partial charge < -0.3 is 10.4 Å². The molecule has 3 atom stereocenters. The number of nitrogens with zero attached hydrogens (tertiary/aromatic N) is 1. The first kappa shape index (κ1) is 13.6. The fourth-order valence-corrected chi connectivity index (χ4v) is 2.15. The summed E-state index contributed by atoms with van der Waals surface area (Å²) in [6.45, 7) is 9.05. The number of aromatic nitrogens is 1. The highest BCUT2D eigenvalue weighted by atomic mass is 32.1. The molecule has 0 saturated carbocycles. The molecule has 0 fully saturated rings. The molecule has 1 aromatic heterocycles. The Labute approximate surface area is 102 Å². The van der Waals surface area contributed by atoms with E-state index >= 15 is 0 Å².